The zero-order valence-electron chi connectivity index (χ0n) is 13.8. The zero-order valence-corrected chi connectivity index (χ0v) is 14.6. The minimum absolute atomic E-state index is 0.0291. The molecule has 0 bridgehead atoms. The molecule has 9 heteroatoms. The second kappa shape index (κ2) is 8.44. The van der Waals surface area contributed by atoms with Crippen molar-refractivity contribution in [2.75, 3.05) is 12.3 Å². The normalized spacial score (nSPS) is 10.7. The summed E-state index contributed by atoms with van der Waals surface area (Å²) < 4.78 is 1.82. The fourth-order valence-electron chi connectivity index (χ4n) is 1.93. The van der Waals surface area contributed by atoms with Crippen molar-refractivity contribution < 1.29 is 9.59 Å². The van der Waals surface area contributed by atoms with E-state index in [0.29, 0.717) is 11.0 Å². The standard InChI is InChI=1S/C15H20N6O2S/c1-10(2)18-12(22)8-17-13(23)9-24-15-20-19-14(21(15)3)11-4-6-16-7-5-11/h4-7,10H,8-9H2,1-3H3,(H,17,23)(H,18,22). The maximum atomic E-state index is 11.8. The average Bonchev–Trinajstić information content (AvgIpc) is 2.92. The van der Waals surface area contributed by atoms with Crippen LogP contribution in [-0.2, 0) is 16.6 Å². The van der Waals surface area contributed by atoms with E-state index in [9.17, 15) is 9.59 Å². The summed E-state index contributed by atoms with van der Waals surface area (Å²) in [5.41, 5.74) is 0.904. The van der Waals surface area contributed by atoms with Crippen molar-refractivity contribution in [1.29, 1.82) is 0 Å². The first kappa shape index (κ1) is 17.9. The predicted octanol–water partition coefficient (Wildman–Crippen LogP) is 0.610. The van der Waals surface area contributed by atoms with Crippen LogP contribution in [0.15, 0.2) is 29.7 Å². The van der Waals surface area contributed by atoms with Crippen molar-refractivity contribution in [3.05, 3.63) is 24.5 Å². The molecular weight excluding hydrogens is 328 g/mol. The van der Waals surface area contributed by atoms with Crippen molar-refractivity contribution in [3.63, 3.8) is 0 Å². The third-order valence-electron chi connectivity index (χ3n) is 3.00. The monoisotopic (exact) mass is 348 g/mol. The van der Waals surface area contributed by atoms with Crippen LogP contribution >= 0.6 is 11.8 Å². The minimum atomic E-state index is -0.229. The van der Waals surface area contributed by atoms with Gasteiger partial charge in [0.25, 0.3) is 0 Å². The van der Waals surface area contributed by atoms with Crippen LogP contribution in [0.5, 0.6) is 0 Å². The highest BCUT2D eigenvalue weighted by molar-refractivity contribution is 7.99. The molecule has 0 atom stereocenters. The summed E-state index contributed by atoms with van der Waals surface area (Å²) >= 11 is 1.27. The van der Waals surface area contributed by atoms with Crippen molar-refractivity contribution in [2.24, 2.45) is 7.05 Å². The van der Waals surface area contributed by atoms with Crippen LogP contribution in [0.1, 0.15) is 13.8 Å². The number of carbonyl (C=O) groups is 2. The van der Waals surface area contributed by atoms with E-state index in [1.54, 1.807) is 12.4 Å². The number of rotatable bonds is 7. The van der Waals surface area contributed by atoms with Crippen molar-refractivity contribution in [2.45, 2.75) is 25.0 Å². The SMILES string of the molecule is CC(C)NC(=O)CNC(=O)CSc1nnc(-c2ccncc2)n1C. The van der Waals surface area contributed by atoms with Crippen LogP contribution < -0.4 is 10.6 Å². The summed E-state index contributed by atoms with van der Waals surface area (Å²) in [5.74, 6) is 0.433. The molecule has 2 rings (SSSR count). The van der Waals surface area contributed by atoms with Crippen LogP contribution in [0, 0.1) is 0 Å². The van der Waals surface area contributed by atoms with E-state index in [4.69, 9.17) is 0 Å². The lowest BCUT2D eigenvalue weighted by Gasteiger charge is -2.09. The molecule has 0 saturated carbocycles. The van der Waals surface area contributed by atoms with Gasteiger partial charge in [-0.15, -0.1) is 10.2 Å². The highest BCUT2D eigenvalue weighted by Crippen LogP contribution is 2.21. The number of hydrogen-bond acceptors (Lipinski definition) is 6. The predicted molar refractivity (Wildman–Crippen MR) is 91.2 cm³/mol. The number of pyridine rings is 1. The van der Waals surface area contributed by atoms with Gasteiger partial charge < -0.3 is 15.2 Å². The van der Waals surface area contributed by atoms with Gasteiger partial charge in [-0.1, -0.05) is 11.8 Å². The second-order valence-electron chi connectivity index (χ2n) is 5.39. The summed E-state index contributed by atoms with van der Waals surface area (Å²) in [6.45, 7) is 3.70. The molecule has 0 unspecified atom stereocenters. The summed E-state index contributed by atoms with van der Waals surface area (Å²) in [6, 6.07) is 3.74. The molecule has 0 spiro atoms. The highest BCUT2D eigenvalue weighted by Gasteiger charge is 2.13. The Morgan fingerprint density at radius 3 is 2.58 bits per heavy atom. The van der Waals surface area contributed by atoms with Gasteiger partial charge in [-0.25, -0.2) is 0 Å². The van der Waals surface area contributed by atoms with Crippen molar-refractivity contribution in [3.8, 4) is 11.4 Å². The molecule has 24 heavy (non-hydrogen) atoms. The number of nitrogens with zero attached hydrogens (tertiary/aromatic N) is 4. The molecule has 2 heterocycles. The van der Waals surface area contributed by atoms with Crippen LogP contribution in [-0.4, -0.2) is 49.9 Å². The number of amides is 2. The Morgan fingerprint density at radius 1 is 1.21 bits per heavy atom. The topological polar surface area (TPSA) is 102 Å². The first-order valence-electron chi connectivity index (χ1n) is 7.46. The Labute approximate surface area is 144 Å². The summed E-state index contributed by atoms with van der Waals surface area (Å²) in [4.78, 5) is 27.3. The molecule has 0 radical (unpaired) electrons. The molecule has 128 valence electrons. The molecule has 0 aliphatic carbocycles. The maximum Gasteiger partial charge on any atom is 0.239 e. The quantitative estimate of drug-likeness (QED) is 0.711. The molecule has 0 fully saturated rings. The van der Waals surface area contributed by atoms with E-state index in [1.807, 2.05) is 37.6 Å². The second-order valence-corrected chi connectivity index (χ2v) is 6.33. The molecule has 2 amide bonds. The summed E-state index contributed by atoms with van der Waals surface area (Å²) in [6.07, 6.45) is 3.37. The smallest absolute Gasteiger partial charge is 0.239 e. The van der Waals surface area contributed by atoms with Gasteiger partial charge in [0.2, 0.25) is 11.8 Å². The third kappa shape index (κ3) is 5.05. The van der Waals surface area contributed by atoms with E-state index < -0.39 is 0 Å². The van der Waals surface area contributed by atoms with E-state index in [-0.39, 0.29) is 30.2 Å². The maximum absolute atomic E-state index is 11.8. The Balaban J connectivity index is 1.86. The fraction of sp³-hybridized carbons (Fsp3) is 0.400. The Hall–Kier alpha value is -2.42. The van der Waals surface area contributed by atoms with Gasteiger partial charge in [-0.2, -0.15) is 0 Å². The Kier molecular flexibility index (Phi) is 6.30. The summed E-state index contributed by atoms with van der Waals surface area (Å²) in [7, 11) is 1.84. The van der Waals surface area contributed by atoms with E-state index >= 15 is 0 Å². The lowest BCUT2D eigenvalue weighted by atomic mass is 10.2. The van der Waals surface area contributed by atoms with Crippen molar-refractivity contribution >= 4 is 23.6 Å². The number of nitrogens with one attached hydrogen (secondary N) is 2. The lowest BCUT2D eigenvalue weighted by molar-refractivity contribution is -0.125. The number of thioether (sulfide) groups is 1. The number of carbonyl (C=O) groups excluding carboxylic acids is 2. The first-order chi connectivity index (χ1) is 11.5. The molecule has 0 aliphatic rings. The number of hydrogen-bond donors (Lipinski definition) is 2. The zero-order chi connectivity index (χ0) is 17.5. The molecule has 2 aromatic heterocycles. The molecular formula is C15H20N6O2S. The largest absolute Gasteiger partial charge is 0.352 e. The van der Waals surface area contributed by atoms with E-state index in [0.717, 1.165) is 5.56 Å². The fourth-order valence-corrected chi connectivity index (χ4v) is 2.67. The molecule has 0 aromatic carbocycles. The van der Waals surface area contributed by atoms with Gasteiger partial charge in [-0.3, -0.25) is 14.6 Å². The molecule has 8 nitrogen and oxygen atoms in total. The van der Waals surface area contributed by atoms with Crippen molar-refractivity contribution in [1.82, 2.24) is 30.4 Å². The molecule has 2 aromatic rings. The molecule has 2 N–H and O–H groups in total. The van der Waals surface area contributed by atoms with Gasteiger partial charge in [0, 0.05) is 31.0 Å². The Bertz CT molecular complexity index is 701. The van der Waals surface area contributed by atoms with Gasteiger partial charge in [0.1, 0.15) is 0 Å². The van der Waals surface area contributed by atoms with Crippen LogP contribution in [0.4, 0.5) is 0 Å². The van der Waals surface area contributed by atoms with Crippen LogP contribution in [0.3, 0.4) is 0 Å². The Morgan fingerprint density at radius 2 is 1.92 bits per heavy atom. The number of aromatic nitrogens is 4. The van der Waals surface area contributed by atoms with Gasteiger partial charge in [0.15, 0.2) is 11.0 Å². The van der Waals surface area contributed by atoms with Crippen LogP contribution in [0.25, 0.3) is 11.4 Å². The first-order valence-corrected chi connectivity index (χ1v) is 8.44. The van der Waals surface area contributed by atoms with E-state index in [1.165, 1.54) is 11.8 Å². The summed E-state index contributed by atoms with van der Waals surface area (Å²) in [5, 5.41) is 14.2. The molecule has 0 saturated heterocycles. The highest BCUT2D eigenvalue weighted by atomic mass is 32.2. The van der Waals surface area contributed by atoms with E-state index in [2.05, 4.69) is 25.8 Å². The third-order valence-corrected chi connectivity index (χ3v) is 4.02. The van der Waals surface area contributed by atoms with Gasteiger partial charge in [0.05, 0.1) is 12.3 Å². The van der Waals surface area contributed by atoms with Gasteiger partial charge >= 0.3 is 0 Å². The molecule has 0 aliphatic heterocycles. The minimum Gasteiger partial charge on any atom is -0.352 e. The lowest BCUT2D eigenvalue weighted by Crippen LogP contribution is -2.40. The van der Waals surface area contributed by atoms with Crippen LogP contribution in [0.2, 0.25) is 0 Å². The van der Waals surface area contributed by atoms with Gasteiger partial charge in [-0.05, 0) is 26.0 Å². The average molecular weight is 348 g/mol.